The molecule has 1 aromatic rings. The van der Waals surface area contributed by atoms with Gasteiger partial charge in [-0.05, 0) is 19.9 Å². The number of ether oxygens (including phenoxy) is 3. The molecule has 0 aliphatic carbocycles. The standard InChI is InChI=1S/C15H19NO6/c1-7-11(8(2)17)5-12(16-7)14-15(22-10(4)19)13(6-20-14)21-9(3)18/h5,13-16H,6H2,1-4H3/t13-,14+,15-/m1/s1. The SMILES string of the molecule is CC(=O)O[C@@H]1[C@H](OC(C)=O)CO[C@H]1c1cc(C(C)=O)c(C)[nH]1. The first kappa shape index (κ1) is 16.2. The van der Waals surface area contributed by atoms with Crippen molar-refractivity contribution in [3.63, 3.8) is 0 Å². The molecule has 0 radical (unpaired) electrons. The molecular formula is C15H19NO6. The van der Waals surface area contributed by atoms with Crippen molar-refractivity contribution in [2.75, 3.05) is 6.61 Å². The van der Waals surface area contributed by atoms with E-state index >= 15 is 0 Å². The number of aromatic amines is 1. The molecule has 0 unspecified atom stereocenters. The highest BCUT2D eigenvalue weighted by molar-refractivity contribution is 5.95. The Labute approximate surface area is 127 Å². The molecule has 1 aliphatic rings. The second-order valence-electron chi connectivity index (χ2n) is 5.30. The van der Waals surface area contributed by atoms with Gasteiger partial charge in [0.1, 0.15) is 6.10 Å². The summed E-state index contributed by atoms with van der Waals surface area (Å²) in [4.78, 5) is 37.1. The van der Waals surface area contributed by atoms with E-state index in [0.29, 0.717) is 17.0 Å². The van der Waals surface area contributed by atoms with Gasteiger partial charge in [0.05, 0.1) is 6.61 Å². The van der Waals surface area contributed by atoms with E-state index in [-0.39, 0.29) is 12.4 Å². The zero-order valence-corrected chi connectivity index (χ0v) is 13.0. The molecular weight excluding hydrogens is 290 g/mol. The number of hydrogen-bond acceptors (Lipinski definition) is 6. The van der Waals surface area contributed by atoms with E-state index in [9.17, 15) is 14.4 Å². The van der Waals surface area contributed by atoms with E-state index in [1.807, 2.05) is 0 Å². The molecule has 0 spiro atoms. The molecule has 7 nitrogen and oxygen atoms in total. The summed E-state index contributed by atoms with van der Waals surface area (Å²) in [6.45, 7) is 5.93. The van der Waals surface area contributed by atoms with Gasteiger partial charge in [0.15, 0.2) is 18.0 Å². The van der Waals surface area contributed by atoms with Crippen molar-refractivity contribution in [2.45, 2.75) is 46.0 Å². The van der Waals surface area contributed by atoms with Gasteiger partial charge in [0.25, 0.3) is 0 Å². The second kappa shape index (κ2) is 6.31. The first-order valence-corrected chi connectivity index (χ1v) is 6.96. The lowest BCUT2D eigenvalue weighted by molar-refractivity contribution is -0.163. The predicted octanol–water partition coefficient (Wildman–Crippen LogP) is 1.46. The van der Waals surface area contributed by atoms with Crippen LogP contribution in [0.1, 0.15) is 48.6 Å². The van der Waals surface area contributed by atoms with Crippen LogP contribution in [0, 0.1) is 6.92 Å². The number of ketones is 1. The van der Waals surface area contributed by atoms with E-state index in [4.69, 9.17) is 14.2 Å². The van der Waals surface area contributed by atoms with Gasteiger partial charge in [0, 0.05) is 30.8 Å². The van der Waals surface area contributed by atoms with E-state index in [0.717, 1.165) is 0 Å². The summed E-state index contributed by atoms with van der Waals surface area (Å²) in [5.41, 5.74) is 1.88. The zero-order valence-electron chi connectivity index (χ0n) is 13.0. The maximum Gasteiger partial charge on any atom is 0.303 e. The lowest BCUT2D eigenvalue weighted by Gasteiger charge is -2.21. The maximum absolute atomic E-state index is 11.5. The highest BCUT2D eigenvalue weighted by Crippen LogP contribution is 2.34. The molecule has 0 amide bonds. The van der Waals surface area contributed by atoms with Gasteiger partial charge in [-0.2, -0.15) is 0 Å². The van der Waals surface area contributed by atoms with Crippen LogP contribution >= 0.6 is 0 Å². The number of rotatable bonds is 4. The van der Waals surface area contributed by atoms with Gasteiger partial charge in [0.2, 0.25) is 0 Å². The van der Waals surface area contributed by atoms with Crippen molar-refractivity contribution >= 4 is 17.7 Å². The average Bonchev–Trinajstić information content (AvgIpc) is 2.93. The van der Waals surface area contributed by atoms with Gasteiger partial charge in [-0.1, -0.05) is 0 Å². The number of carbonyl (C=O) groups excluding carboxylic acids is 3. The van der Waals surface area contributed by atoms with E-state index < -0.39 is 30.3 Å². The minimum Gasteiger partial charge on any atom is -0.456 e. The number of aryl methyl sites for hydroxylation is 1. The molecule has 1 aromatic heterocycles. The molecule has 0 bridgehead atoms. The highest BCUT2D eigenvalue weighted by Gasteiger charge is 2.43. The Balaban J connectivity index is 2.28. The Morgan fingerprint density at radius 1 is 1.18 bits per heavy atom. The van der Waals surface area contributed by atoms with Gasteiger partial charge >= 0.3 is 11.9 Å². The molecule has 1 aliphatic heterocycles. The second-order valence-corrected chi connectivity index (χ2v) is 5.30. The predicted molar refractivity (Wildman–Crippen MR) is 75.3 cm³/mol. The van der Waals surface area contributed by atoms with Crippen LogP contribution in [0.4, 0.5) is 0 Å². The largest absolute Gasteiger partial charge is 0.456 e. The number of esters is 2. The third-order valence-corrected chi connectivity index (χ3v) is 3.45. The third kappa shape index (κ3) is 3.36. The van der Waals surface area contributed by atoms with Crippen molar-refractivity contribution in [3.05, 3.63) is 23.0 Å². The lowest BCUT2D eigenvalue weighted by Crippen LogP contribution is -2.34. The van der Waals surface area contributed by atoms with Crippen LogP contribution in [0.15, 0.2) is 6.07 Å². The van der Waals surface area contributed by atoms with Gasteiger partial charge in [-0.3, -0.25) is 14.4 Å². The molecule has 0 saturated carbocycles. The molecule has 1 saturated heterocycles. The summed E-state index contributed by atoms with van der Waals surface area (Å²) >= 11 is 0. The number of H-pyrrole nitrogens is 1. The van der Waals surface area contributed by atoms with Crippen LogP contribution in [-0.4, -0.2) is 41.5 Å². The third-order valence-electron chi connectivity index (χ3n) is 3.45. The molecule has 2 heterocycles. The van der Waals surface area contributed by atoms with Crippen LogP contribution in [-0.2, 0) is 23.8 Å². The molecule has 3 atom stereocenters. The van der Waals surface area contributed by atoms with Crippen LogP contribution in [0.2, 0.25) is 0 Å². The van der Waals surface area contributed by atoms with Gasteiger partial charge in [-0.15, -0.1) is 0 Å². The van der Waals surface area contributed by atoms with Crippen LogP contribution in [0.3, 0.4) is 0 Å². The number of nitrogens with one attached hydrogen (secondary N) is 1. The highest BCUT2D eigenvalue weighted by atomic mass is 16.6. The monoisotopic (exact) mass is 309 g/mol. The molecule has 1 fully saturated rings. The number of carbonyl (C=O) groups is 3. The zero-order chi connectivity index (χ0) is 16.4. The van der Waals surface area contributed by atoms with Crippen molar-refractivity contribution in [1.82, 2.24) is 4.98 Å². The Morgan fingerprint density at radius 2 is 1.82 bits per heavy atom. The summed E-state index contributed by atoms with van der Waals surface area (Å²) in [5, 5.41) is 0. The molecule has 22 heavy (non-hydrogen) atoms. The van der Waals surface area contributed by atoms with Crippen molar-refractivity contribution < 1.29 is 28.6 Å². The summed E-state index contributed by atoms with van der Waals surface area (Å²) in [5.74, 6) is -1.04. The van der Waals surface area contributed by atoms with Crippen molar-refractivity contribution in [3.8, 4) is 0 Å². The topological polar surface area (TPSA) is 94.7 Å². The smallest absolute Gasteiger partial charge is 0.303 e. The summed E-state index contributed by atoms with van der Waals surface area (Å²) < 4.78 is 16.0. The fourth-order valence-corrected chi connectivity index (χ4v) is 2.60. The molecule has 0 aromatic carbocycles. The van der Waals surface area contributed by atoms with E-state index in [1.54, 1.807) is 13.0 Å². The van der Waals surface area contributed by atoms with E-state index in [2.05, 4.69) is 4.98 Å². The van der Waals surface area contributed by atoms with Crippen LogP contribution < -0.4 is 0 Å². The maximum atomic E-state index is 11.5. The first-order chi connectivity index (χ1) is 10.3. The molecule has 1 N–H and O–H groups in total. The first-order valence-electron chi connectivity index (χ1n) is 6.96. The fourth-order valence-electron chi connectivity index (χ4n) is 2.60. The number of hydrogen-bond donors (Lipinski definition) is 1. The fraction of sp³-hybridized carbons (Fsp3) is 0.533. The summed E-state index contributed by atoms with van der Waals surface area (Å²) in [7, 11) is 0. The molecule has 120 valence electrons. The van der Waals surface area contributed by atoms with Crippen molar-refractivity contribution in [1.29, 1.82) is 0 Å². The van der Waals surface area contributed by atoms with Gasteiger partial charge in [-0.25, -0.2) is 0 Å². The molecule has 2 rings (SSSR count). The quantitative estimate of drug-likeness (QED) is 0.668. The summed E-state index contributed by atoms with van der Waals surface area (Å²) in [6, 6.07) is 1.68. The van der Waals surface area contributed by atoms with Gasteiger partial charge < -0.3 is 19.2 Å². The Bertz CT molecular complexity index is 605. The Hall–Kier alpha value is -2.15. The normalized spacial score (nSPS) is 24.1. The number of Topliss-reactive ketones (excluding diaryl/α,β-unsaturated/α-hetero) is 1. The van der Waals surface area contributed by atoms with Crippen LogP contribution in [0.25, 0.3) is 0 Å². The molecule has 7 heteroatoms. The minimum atomic E-state index is -0.751. The van der Waals surface area contributed by atoms with E-state index in [1.165, 1.54) is 20.8 Å². The summed E-state index contributed by atoms with van der Waals surface area (Å²) in [6.07, 6.45) is -2.03. The van der Waals surface area contributed by atoms with Crippen molar-refractivity contribution in [2.24, 2.45) is 0 Å². The lowest BCUT2D eigenvalue weighted by atomic mass is 10.1. The average molecular weight is 309 g/mol. The van der Waals surface area contributed by atoms with Crippen LogP contribution in [0.5, 0.6) is 0 Å². The minimum absolute atomic E-state index is 0.0708. The Kier molecular flexibility index (Phi) is 4.65. The number of aromatic nitrogens is 1. The Morgan fingerprint density at radius 3 is 2.32 bits per heavy atom.